The topological polar surface area (TPSA) is 67.8 Å². The van der Waals surface area contributed by atoms with Gasteiger partial charge in [0.25, 0.3) is 0 Å². The molecule has 0 aliphatic rings. The molecule has 1 amide bonds. The maximum absolute atomic E-state index is 11.7. The molecule has 0 unspecified atom stereocenters. The SMILES string of the molecule is Cc1nc(CC(=O)Nc2cnccn2)c(C)s1. The first-order chi connectivity index (χ1) is 8.15. The third-order valence-corrected chi connectivity index (χ3v) is 3.09. The zero-order chi connectivity index (χ0) is 12.3. The molecule has 0 atom stereocenters. The van der Waals surface area contributed by atoms with E-state index < -0.39 is 0 Å². The Labute approximate surface area is 103 Å². The molecule has 2 heterocycles. The number of carbonyl (C=O) groups is 1. The van der Waals surface area contributed by atoms with E-state index in [1.54, 1.807) is 17.5 Å². The van der Waals surface area contributed by atoms with E-state index in [-0.39, 0.29) is 12.3 Å². The van der Waals surface area contributed by atoms with Crippen LogP contribution in [0.3, 0.4) is 0 Å². The van der Waals surface area contributed by atoms with E-state index in [1.807, 2.05) is 13.8 Å². The minimum Gasteiger partial charge on any atom is -0.309 e. The Bertz CT molecular complexity index is 524. The summed E-state index contributed by atoms with van der Waals surface area (Å²) in [6.45, 7) is 3.90. The summed E-state index contributed by atoms with van der Waals surface area (Å²) in [4.78, 5) is 25.0. The molecule has 17 heavy (non-hydrogen) atoms. The van der Waals surface area contributed by atoms with Crippen molar-refractivity contribution < 1.29 is 4.79 Å². The fraction of sp³-hybridized carbons (Fsp3) is 0.273. The standard InChI is InChI=1S/C11H12N4OS/c1-7-9(14-8(2)17-7)5-11(16)15-10-6-12-3-4-13-10/h3-4,6H,5H2,1-2H3,(H,13,15,16). The van der Waals surface area contributed by atoms with Gasteiger partial charge in [0.2, 0.25) is 5.91 Å². The first-order valence-corrected chi connectivity index (χ1v) is 5.95. The highest BCUT2D eigenvalue weighted by atomic mass is 32.1. The largest absolute Gasteiger partial charge is 0.309 e. The van der Waals surface area contributed by atoms with Crippen molar-refractivity contribution in [3.63, 3.8) is 0 Å². The highest BCUT2D eigenvalue weighted by Gasteiger charge is 2.10. The van der Waals surface area contributed by atoms with E-state index in [2.05, 4.69) is 20.3 Å². The van der Waals surface area contributed by atoms with Gasteiger partial charge in [0, 0.05) is 17.3 Å². The first kappa shape index (κ1) is 11.7. The van der Waals surface area contributed by atoms with Crippen LogP contribution in [0.1, 0.15) is 15.6 Å². The summed E-state index contributed by atoms with van der Waals surface area (Å²) >= 11 is 1.60. The van der Waals surface area contributed by atoms with Gasteiger partial charge in [-0.3, -0.25) is 9.78 Å². The molecule has 0 saturated heterocycles. The number of aromatic nitrogens is 3. The van der Waals surface area contributed by atoms with Crippen molar-refractivity contribution >= 4 is 23.1 Å². The van der Waals surface area contributed by atoms with E-state index in [9.17, 15) is 4.79 Å². The van der Waals surface area contributed by atoms with Crippen LogP contribution in [0.25, 0.3) is 0 Å². The smallest absolute Gasteiger partial charge is 0.231 e. The van der Waals surface area contributed by atoms with Crippen LogP contribution in [-0.2, 0) is 11.2 Å². The summed E-state index contributed by atoms with van der Waals surface area (Å²) in [6.07, 6.45) is 4.88. The number of carbonyl (C=O) groups excluding carboxylic acids is 1. The van der Waals surface area contributed by atoms with Crippen molar-refractivity contribution in [3.8, 4) is 0 Å². The Morgan fingerprint density at radius 2 is 2.24 bits per heavy atom. The highest BCUT2D eigenvalue weighted by Crippen LogP contribution is 2.17. The van der Waals surface area contributed by atoms with Gasteiger partial charge in [-0.25, -0.2) is 9.97 Å². The summed E-state index contributed by atoms with van der Waals surface area (Å²) in [6, 6.07) is 0. The molecule has 1 N–H and O–H groups in total. The Morgan fingerprint density at radius 3 is 2.82 bits per heavy atom. The Hall–Kier alpha value is -1.82. The van der Waals surface area contributed by atoms with Gasteiger partial charge in [-0.15, -0.1) is 11.3 Å². The number of nitrogens with one attached hydrogen (secondary N) is 1. The zero-order valence-corrected chi connectivity index (χ0v) is 10.4. The van der Waals surface area contributed by atoms with Crippen LogP contribution in [0.5, 0.6) is 0 Å². The third kappa shape index (κ3) is 3.07. The van der Waals surface area contributed by atoms with Crippen molar-refractivity contribution in [3.05, 3.63) is 34.2 Å². The van der Waals surface area contributed by atoms with E-state index in [1.165, 1.54) is 12.4 Å². The van der Waals surface area contributed by atoms with Crippen LogP contribution in [0.15, 0.2) is 18.6 Å². The predicted molar refractivity (Wildman–Crippen MR) is 66.0 cm³/mol. The number of anilines is 1. The van der Waals surface area contributed by atoms with Crippen LogP contribution in [0.2, 0.25) is 0 Å². The monoisotopic (exact) mass is 248 g/mol. The summed E-state index contributed by atoms with van der Waals surface area (Å²) in [5, 5.41) is 3.66. The molecule has 0 fully saturated rings. The Morgan fingerprint density at radius 1 is 1.41 bits per heavy atom. The summed E-state index contributed by atoms with van der Waals surface area (Å²) in [5.41, 5.74) is 0.828. The van der Waals surface area contributed by atoms with Gasteiger partial charge in [0.1, 0.15) is 0 Å². The number of thiazole rings is 1. The molecule has 6 heteroatoms. The molecule has 0 aromatic carbocycles. The van der Waals surface area contributed by atoms with Crippen molar-refractivity contribution in [2.45, 2.75) is 20.3 Å². The molecule has 2 aromatic heterocycles. The van der Waals surface area contributed by atoms with Crippen molar-refractivity contribution in [2.24, 2.45) is 0 Å². The average Bonchev–Trinajstić information content (AvgIpc) is 2.58. The highest BCUT2D eigenvalue weighted by molar-refractivity contribution is 7.11. The number of amides is 1. The lowest BCUT2D eigenvalue weighted by Gasteiger charge is -2.02. The van der Waals surface area contributed by atoms with Gasteiger partial charge in [-0.2, -0.15) is 0 Å². The number of nitrogens with zero attached hydrogens (tertiary/aromatic N) is 3. The van der Waals surface area contributed by atoms with E-state index in [0.29, 0.717) is 5.82 Å². The Kier molecular flexibility index (Phi) is 3.43. The normalized spacial score (nSPS) is 10.2. The minimum absolute atomic E-state index is 0.126. The molecule has 88 valence electrons. The number of hydrogen-bond donors (Lipinski definition) is 1. The molecule has 0 aliphatic carbocycles. The fourth-order valence-corrected chi connectivity index (χ4v) is 2.27. The summed E-state index contributed by atoms with van der Waals surface area (Å²) < 4.78 is 0. The average molecular weight is 248 g/mol. The van der Waals surface area contributed by atoms with Gasteiger partial charge in [-0.05, 0) is 13.8 Å². The molecule has 5 nitrogen and oxygen atoms in total. The van der Waals surface area contributed by atoms with Gasteiger partial charge >= 0.3 is 0 Å². The second-order valence-electron chi connectivity index (χ2n) is 3.55. The Balaban J connectivity index is 2.01. The second kappa shape index (κ2) is 5.01. The van der Waals surface area contributed by atoms with Crippen LogP contribution < -0.4 is 5.32 Å². The maximum atomic E-state index is 11.7. The van der Waals surface area contributed by atoms with Crippen molar-refractivity contribution in [1.29, 1.82) is 0 Å². The second-order valence-corrected chi connectivity index (χ2v) is 4.96. The van der Waals surface area contributed by atoms with Gasteiger partial charge < -0.3 is 5.32 Å². The zero-order valence-electron chi connectivity index (χ0n) is 9.60. The van der Waals surface area contributed by atoms with Crippen LogP contribution in [-0.4, -0.2) is 20.9 Å². The molecule has 0 saturated carbocycles. The third-order valence-electron chi connectivity index (χ3n) is 2.16. The van der Waals surface area contributed by atoms with Crippen LogP contribution >= 0.6 is 11.3 Å². The lowest BCUT2D eigenvalue weighted by atomic mass is 10.2. The molecular formula is C11H12N4OS. The fourth-order valence-electron chi connectivity index (χ4n) is 1.44. The molecule has 2 aromatic rings. The number of rotatable bonds is 3. The number of aryl methyl sites for hydroxylation is 2. The van der Waals surface area contributed by atoms with E-state index in [4.69, 9.17) is 0 Å². The van der Waals surface area contributed by atoms with Gasteiger partial charge in [-0.1, -0.05) is 0 Å². The lowest BCUT2D eigenvalue weighted by Crippen LogP contribution is -2.16. The summed E-state index contributed by atoms with van der Waals surface area (Å²) in [7, 11) is 0. The van der Waals surface area contributed by atoms with E-state index in [0.717, 1.165) is 15.6 Å². The predicted octanol–water partition coefficient (Wildman–Crippen LogP) is 1.73. The molecular weight excluding hydrogens is 236 g/mol. The van der Waals surface area contributed by atoms with Gasteiger partial charge in [0.15, 0.2) is 5.82 Å². The summed E-state index contributed by atoms with van der Waals surface area (Å²) in [5.74, 6) is 0.334. The molecule has 0 aliphatic heterocycles. The maximum Gasteiger partial charge on any atom is 0.231 e. The van der Waals surface area contributed by atoms with Crippen LogP contribution in [0, 0.1) is 13.8 Å². The number of hydrogen-bond acceptors (Lipinski definition) is 5. The molecule has 0 radical (unpaired) electrons. The van der Waals surface area contributed by atoms with Crippen molar-refractivity contribution in [1.82, 2.24) is 15.0 Å². The molecule has 0 spiro atoms. The lowest BCUT2D eigenvalue weighted by molar-refractivity contribution is -0.115. The van der Waals surface area contributed by atoms with Crippen LogP contribution in [0.4, 0.5) is 5.82 Å². The van der Waals surface area contributed by atoms with E-state index >= 15 is 0 Å². The van der Waals surface area contributed by atoms with Crippen molar-refractivity contribution in [2.75, 3.05) is 5.32 Å². The quantitative estimate of drug-likeness (QED) is 0.898. The first-order valence-electron chi connectivity index (χ1n) is 5.14. The van der Waals surface area contributed by atoms with Gasteiger partial charge in [0.05, 0.1) is 23.3 Å². The minimum atomic E-state index is -0.126. The molecule has 0 bridgehead atoms. The molecule has 2 rings (SSSR count).